The van der Waals surface area contributed by atoms with Crippen LogP contribution in [0.25, 0.3) is 4.96 Å². The van der Waals surface area contributed by atoms with E-state index in [-0.39, 0.29) is 37.5 Å². The van der Waals surface area contributed by atoms with Crippen LogP contribution in [0.1, 0.15) is 33.0 Å². The standard InChI is InChI=1S/C19H16N4O5S/c1-11-8-16(25)23-19(20-11)29-14(21-23)10-28-17(26)6-7-22-15(24)9-12-4-2-3-5-13(12)18(22)27/h2-5,8H,6-7,9-10H2,1H3. The lowest BCUT2D eigenvalue weighted by Crippen LogP contribution is -2.43. The quantitative estimate of drug-likeness (QED) is 0.456. The first-order chi connectivity index (χ1) is 13.9. The van der Waals surface area contributed by atoms with Gasteiger partial charge in [-0.25, -0.2) is 4.98 Å². The zero-order valence-corrected chi connectivity index (χ0v) is 16.3. The highest BCUT2D eigenvalue weighted by molar-refractivity contribution is 7.16. The molecule has 2 amide bonds. The van der Waals surface area contributed by atoms with Crippen LogP contribution in [0, 0.1) is 6.92 Å². The minimum Gasteiger partial charge on any atom is -0.458 e. The summed E-state index contributed by atoms with van der Waals surface area (Å²) >= 11 is 1.15. The number of aromatic nitrogens is 3. The van der Waals surface area contributed by atoms with Gasteiger partial charge in [-0.05, 0) is 18.6 Å². The average Bonchev–Trinajstić information content (AvgIpc) is 3.09. The Labute approximate surface area is 168 Å². The lowest BCUT2D eigenvalue weighted by Gasteiger charge is -2.26. The van der Waals surface area contributed by atoms with E-state index in [1.165, 1.54) is 6.07 Å². The number of fused-ring (bicyclic) bond motifs is 2. The molecule has 10 heteroatoms. The van der Waals surface area contributed by atoms with Crippen molar-refractivity contribution in [3.8, 4) is 0 Å². The summed E-state index contributed by atoms with van der Waals surface area (Å²) in [5.74, 6) is -1.31. The van der Waals surface area contributed by atoms with Gasteiger partial charge in [0.15, 0.2) is 5.01 Å². The lowest BCUT2D eigenvalue weighted by molar-refractivity contribution is -0.145. The maximum absolute atomic E-state index is 12.5. The van der Waals surface area contributed by atoms with E-state index in [1.54, 1.807) is 31.2 Å². The van der Waals surface area contributed by atoms with Gasteiger partial charge in [0.2, 0.25) is 10.9 Å². The summed E-state index contributed by atoms with van der Waals surface area (Å²) in [6.45, 7) is 1.54. The summed E-state index contributed by atoms with van der Waals surface area (Å²) in [6, 6.07) is 8.29. The monoisotopic (exact) mass is 412 g/mol. The van der Waals surface area contributed by atoms with Crippen LogP contribution in [-0.2, 0) is 27.4 Å². The van der Waals surface area contributed by atoms with Crippen molar-refractivity contribution >= 4 is 34.1 Å². The second kappa shape index (κ2) is 7.55. The van der Waals surface area contributed by atoms with Crippen LogP contribution in [0.4, 0.5) is 0 Å². The normalized spacial score (nSPS) is 13.6. The second-order valence-corrected chi connectivity index (χ2v) is 7.56. The molecule has 1 aromatic carbocycles. The smallest absolute Gasteiger partial charge is 0.308 e. The van der Waals surface area contributed by atoms with Crippen LogP contribution in [-0.4, -0.2) is 43.8 Å². The lowest BCUT2D eigenvalue weighted by atomic mass is 9.98. The van der Waals surface area contributed by atoms with E-state index in [4.69, 9.17) is 4.74 Å². The molecule has 3 aromatic rings. The maximum atomic E-state index is 12.5. The highest BCUT2D eigenvalue weighted by Crippen LogP contribution is 2.20. The third kappa shape index (κ3) is 3.79. The average molecular weight is 412 g/mol. The predicted molar refractivity (Wildman–Crippen MR) is 102 cm³/mol. The fraction of sp³-hybridized carbons (Fsp3) is 0.263. The molecule has 0 N–H and O–H groups in total. The van der Waals surface area contributed by atoms with Gasteiger partial charge in [0.25, 0.3) is 11.5 Å². The van der Waals surface area contributed by atoms with Crippen LogP contribution in [0.5, 0.6) is 0 Å². The van der Waals surface area contributed by atoms with Crippen LogP contribution in [0.2, 0.25) is 0 Å². The first-order valence-corrected chi connectivity index (χ1v) is 9.68. The third-order valence-electron chi connectivity index (χ3n) is 4.45. The van der Waals surface area contributed by atoms with Crippen molar-refractivity contribution in [2.75, 3.05) is 6.54 Å². The van der Waals surface area contributed by atoms with Crippen LogP contribution < -0.4 is 5.56 Å². The number of imide groups is 1. The number of aryl methyl sites for hydroxylation is 1. The molecule has 29 heavy (non-hydrogen) atoms. The van der Waals surface area contributed by atoms with Gasteiger partial charge in [-0.3, -0.25) is 24.1 Å². The number of benzene rings is 1. The number of carbonyl (C=O) groups is 3. The summed E-state index contributed by atoms with van der Waals surface area (Å²) in [6.07, 6.45) is 0.00564. The van der Waals surface area contributed by atoms with Crippen molar-refractivity contribution in [2.24, 2.45) is 0 Å². The largest absolute Gasteiger partial charge is 0.458 e. The Bertz CT molecular complexity index is 1200. The first-order valence-electron chi connectivity index (χ1n) is 8.87. The number of carbonyl (C=O) groups excluding carboxylic acids is 3. The molecule has 0 bridgehead atoms. The zero-order valence-electron chi connectivity index (χ0n) is 15.5. The Morgan fingerprint density at radius 2 is 2.03 bits per heavy atom. The highest BCUT2D eigenvalue weighted by atomic mass is 32.1. The molecule has 0 saturated heterocycles. The molecule has 1 aliphatic heterocycles. The van der Waals surface area contributed by atoms with E-state index in [0.717, 1.165) is 20.8 Å². The highest BCUT2D eigenvalue weighted by Gasteiger charge is 2.30. The Balaban J connectivity index is 1.36. The Hall–Kier alpha value is -3.40. The van der Waals surface area contributed by atoms with Crippen LogP contribution in [0.15, 0.2) is 35.1 Å². The number of nitrogens with zero attached hydrogens (tertiary/aromatic N) is 4. The Morgan fingerprint density at radius 1 is 1.24 bits per heavy atom. The molecule has 0 saturated carbocycles. The molecule has 3 heterocycles. The van der Waals surface area contributed by atoms with Gasteiger partial charge in [0, 0.05) is 23.9 Å². The minimum absolute atomic E-state index is 0.0507. The van der Waals surface area contributed by atoms with E-state index in [0.29, 0.717) is 26.8 Å². The van der Waals surface area contributed by atoms with E-state index in [2.05, 4.69) is 10.1 Å². The molecule has 1 aliphatic rings. The molecule has 0 unspecified atom stereocenters. The molecule has 0 radical (unpaired) electrons. The van der Waals surface area contributed by atoms with Crippen molar-refractivity contribution in [1.82, 2.24) is 19.5 Å². The van der Waals surface area contributed by atoms with Crippen LogP contribution in [0.3, 0.4) is 0 Å². The fourth-order valence-electron chi connectivity index (χ4n) is 3.06. The summed E-state index contributed by atoms with van der Waals surface area (Å²) < 4.78 is 6.33. The number of ether oxygens (including phenoxy) is 1. The van der Waals surface area contributed by atoms with Crippen molar-refractivity contribution in [3.63, 3.8) is 0 Å². The number of hydrogen-bond donors (Lipinski definition) is 0. The topological polar surface area (TPSA) is 111 Å². The van der Waals surface area contributed by atoms with Crippen molar-refractivity contribution in [2.45, 2.75) is 26.4 Å². The molecule has 0 fully saturated rings. The third-order valence-corrected chi connectivity index (χ3v) is 5.33. The van der Waals surface area contributed by atoms with Crippen molar-refractivity contribution in [1.29, 1.82) is 0 Å². The molecular weight excluding hydrogens is 396 g/mol. The van der Waals surface area contributed by atoms with Gasteiger partial charge in [0.05, 0.1) is 12.8 Å². The summed E-state index contributed by atoms with van der Waals surface area (Å²) in [5, 5.41) is 4.51. The Morgan fingerprint density at radius 3 is 2.86 bits per heavy atom. The number of rotatable bonds is 5. The van der Waals surface area contributed by atoms with Gasteiger partial charge < -0.3 is 4.74 Å². The summed E-state index contributed by atoms with van der Waals surface area (Å²) in [4.78, 5) is 54.4. The van der Waals surface area contributed by atoms with E-state index in [9.17, 15) is 19.2 Å². The summed E-state index contributed by atoms with van der Waals surface area (Å²) in [7, 11) is 0. The fourth-order valence-corrected chi connectivity index (χ4v) is 3.92. The molecule has 0 spiro atoms. The molecule has 148 valence electrons. The van der Waals surface area contributed by atoms with E-state index >= 15 is 0 Å². The van der Waals surface area contributed by atoms with E-state index in [1.807, 2.05) is 0 Å². The first kappa shape index (κ1) is 18.9. The van der Waals surface area contributed by atoms with Gasteiger partial charge >= 0.3 is 5.97 Å². The predicted octanol–water partition coefficient (Wildman–Crippen LogP) is 1.12. The molecule has 0 aliphatic carbocycles. The Kier molecular flexibility index (Phi) is 4.93. The molecular formula is C19H16N4O5S. The zero-order chi connectivity index (χ0) is 20.5. The van der Waals surface area contributed by atoms with Gasteiger partial charge in [-0.15, -0.1) is 0 Å². The van der Waals surface area contributed by atoms with Gasteiger partial charge in [-0.1, -0.05) is 29.5 Å². The minimum atomic E-state index is -0.569. The SMILES string of the molecule is Cc1cc(=O)n2nc(COC(=O)CCN3C(=O)Cc4ccccc4C3=O)sc2n1. The van der Waals surface area contributed by atoms with Crippen LogP contribution >= 0.6 is 11.3 Å². The van der Waals surface area contributed by atoms with Crippen molar-refractivity contribution < 1.29 is 19.1 Å². The number of amides is 2. The molecule has 0 atom stereocenters. The molecule has 4 rings (SSSR count). The maximum Gasteiger partial charge on any atom is 0.308 e. The molecule has 9 nitrogen and oxygen atoms in total. The van der Waals surface area contributed by atoms with E-state index < -0.39 is 11.9 Å². The summed E-state index contributed by atoms with van der Waals surface area (Å²) in [5.41, 5.74) is 1.45. The van der Waals surface area contributed by atoms with Crippen molar-refractivity contribution in [3.05, 3.63) is 62.5 Å². The second-order valence-electron chi connectivity index (χ2n) is 6.52. The van der Waals surface area contributed by atoms with Gasteiger partial charge in [-0.2, -0.15) is 9.61 Å². The van der Waals surface area contributed by atoms with Gasteiger partial charge in [0.1, 0.15) is 6.61 Å². The molecule has 2 aromatic heterocycles. The number of esters is 1. The number of hydrogen-bond acceptors (Lipinski definition) is 8.